The van der Waals surface area contributed by atoms with Gasteiger partial charge < -0.3 is 4.74 Å². The van der Waals surface area contributed by atoms with E-state index in [-0.39, 0.29) is 24.3 Å². The van der Waals surface area contributed by atoms with Gasteiger partial charge in [0.05, 0.1) is 11.5 Å². The van der Waals surface area contributed by atoms with Crippen molar-refractivity contribution < 1.29 is 26.7 Å². The molecule has 0 N–H and O–H groups in total. The summed E-state index contributed by atoms with van der Waals surface area (Å²) < 4.78 is 68.5. The first kappa shape index (κ1) is 16.2. The zero-order valence-electron chi connectivity index (χ0n) is 11.6. The second-order valence-electron chi connectivity index (χ2n) is 5.43. The number of halogens is 5. The highest BCUT2D eigenvalue weighted by atomic mass is 19.4. The van der Waals surface area contributed by atoms with Crippen molar-refractivity contribution in [2.45, 2.75) is 43.9 Å². The van der Waals surface area contributed by atoms with Crippen LogP contribution in [0.4, 0.5) is 22.0 Å². The van der Waals surface area contributed by atoms with E-state index in [0.717, 1.165) is 12.7 Å². The largest absolute Gasteiger partial charge is 0.391 e. The molecule has 0 aliphatic heterocycles. The third-order valence-electron chi connectivity index (χ3n) is 4.16. The molecule has 6 heteroatoms. The van der Waals surface area contributed by atoms with Crippen LogP contribution < -0.4 is 0 Å². The van der Waals surface area contributed by atoms with Crippen LogP contribution in [0.3, 0.4) is 0 Å². The molecule has 0 amide bonds. The van der Waals surface area contributed by atoms with Crippen LogP contribution in [0.15, 0.2) is 24.3 Å². The maximum atomic E-state index is 13.3. The van der Waals surface area contributed by atoms with Gasteiger partial charge in [-0.1, -0.05) is 24.3 Å². The van der Waals surface area contributed by atoms with E-state index in [4.69, 9.17) is 0 Å². The average Bonchev–Trinajstić information content (AvgIpc) is 2.47. The van der Waals surface area contributed by atoms with E-state index in [9.17, 15) is 22.0 Å². The molecule has 0 unspecified atom stereocenters. The van der Waals surface area contributed by atoms with Gasteiger partial charge in [-0.15, -0.1) is 0 Å². The molecule has 0 spiro atoms. The van der Waals surface area contributed by atoms with Gasteiger partial charge in [-0.2, -0.15) is 22.0 Å². The number of alkyl halides is 5. The summed E-state index contributed by atoms with van der Waals surface area (Å²) in [7, 11) is 0.923. The van der Waals surface area contributed by atoms with Gasteiger partial charge in [-0.25, -0.2) is 0 Å². The Morgan fingerprint density at radius 1 is 0.905 bits per heavy atom. The number of methoxy groups -OCH3 is 1. The van der Waals surface area contributed by atoms with Crippen molar-refractivity contribution >= 4 is 0 Å². The summed E-state index contributed by atoms with van der Waals surface area (Å²) in [5, 5.41) is 0. The minimum absolute atomic E-state index is 0.00816. The van der Waals surface area contributed by atoms with Crippen molar-refractivity contribution in [3.8, 4) is 0 Å². The first-order valence-electron chi connectivity index (χ1n) is 6.84. The Bertz CT molecular complexity index is 458. The molecule has 1 fully saturated rings. The van der Waals surface area contributed by atoms with E-state index in [0.29, 0.717) is 12.8 Å². The highest BCUT2D eigenvalue weighted by Crippen LogP contribution is 2.43. The number of hydrogen-bond acceptors (Lipinski definition) is 1. The van der Waals surface area contributed by atoms with Crippen molar-refractivity contribution in [1.82, 2.24) is 0 Å². The van der Waals surface area contributed by atoms with Crippen LogP contribution in [-0.4, -0.2) is 13.3 Å². The van der Waals surface area contributed by atoms with Crippen LogP contribution >= 0.6 is 0 Å². The van der Waals surface area contributed by atoms with Crippen molar-refractivity contribution in [1.29, 1.82) is 0 Å². The summed E-state index contributed by atoms with van der Waals surface area (Å²) >= 11 is 0. The normalized spacial score (nSPS) is 24.1. The van der Waals surface area contributed by atoms with Gasteiger partial charge in [0.1, 0.15) is 0 Å². The molecule has 1 saturated carbocycles. The van der Waals surface area contributed by atoms with Crippen LogP contribution in [0.25, 0.3) is 0 Å². The van der Waals surface area contributed by atoms with Gasteiger partial charge >= 0.3 is 12.3 Å². The van der Waals surface area contributed by atoms with Gasteiger partial charge in [-0.05, 0) is 37.2 Å². The van der Waals surface area contributed by atoms with Crippen LogP contribution in [-0.2, 0) is 10.8 Å². The third-order valence-corrected chi connectivity index (χ3v) is 4.16. The lowest BCUT2D eigenvalue weighted by Gasteiger charge is -2.30. The van der Waals surface area contributed by atoms with E-state index in [1.807, 2.05) is 0 Å². The maximum Gasteiger partial charge on any atom is 0.391 e. The highest BCUT2D eigenvalue weighted by Gasteiger charge is 2.41. The van der Waals surface area contributed by atoms with Crippen molar-refractivity contribution in [2.24, 2.45) is 5.92 Å². The van der Waals surface area contributed by atoms with Crippen molar-refractivity contribution in [3.63, 3.8) is 0 Å². The summed E-state index contributed by atoms with van der Waals surface area (Å²) in [5.41, 5.74) is 0.559. The van der Waals surface area contributed by atoms with Gasteiger partial charge in [0.15, 0.2) is 0 Å². The Kier molecular flexibility index (Phi) is 4.56. The van der Waals surface area contributed by atoms with Crippen molar-refractivity contribution in [2.75, 3.05) is 7.11 Å². The first-order chi connectivity index (χ1) is 9.74. The fourth-order valence-electron chi connectivity index (χ4n) is 2.82. The number of ether oxygens (including phenoxy) is 1. The fourth-order valence-corrected chi connectivity index (χ4v) is 2.82. The summed E-state index contributed by atoms with van der Waals surface area (Å²) in [6, 6.07) is 5.66. The molecular weight excluding hydrogens is 291 g/mol. The lowest BCUT2D eigenvalue weighted by Crippen LogP contribution is -2.27. The van der Waals surface area contributed by atoms with Crippen LogP contribution in [0.2, 0.25) is 0 Å². The monoisotopic (exact) mass is 308 g/mol. The van der Waals surface area contributed by atoms with E-state index in [1.54, 1.807) is 12.1 Å². The first-order valence-corrected chi connectivity index (χ1v) is 6.84. The predicted octanol–water partition coefficient (Wildman–Crippen LogP) is 5.22. The summed E-state index contributed by atoms with van der Waals surface area (Å²) in [6.07, 6.45) is -6.40. The second kappa shape index (κ2) is 5.91. The summed E-state index contributed by atoms with van der Waals surface area (Å²) in [4.78, 5) is 0. The Morgan fingerprint density at radius 2 is 1.43 bits per heavy atom. The maximum absolute atomic E-state index is 13.3. The van der Waals surface area contributed by atoms with Crippen LogP contribution in [0.5, 0.6) is 0 Å². The lowest BCUT2D eigenvalue weighted by atomic mass is 9.78. The molecule has 1 aliphatic carbocycles. The Labute approximate surface area is 120 Å². The summed E-state index contributed by atoms with van der Waals surface area (Å²) in [6.45, 7) is 0. The summed E-state index contributed by atoms with van der Waals surface area (Å²) in [5.74, 6) is -1.22. The van der Waals surface area contributed by atoms with Gasteiger partial charge in [-0.3, -0.25) is 0 Å². The topological polar surface area (TPSA) is 9.23 Å². The molecule has 0 radical (unpaired) electrons. The predicted molar refractivity (Wildman–Crippen MR) is 68.1 cm³/mol. The standard InChI is InChI=1S/C15H17F5O/c1-21-15(19,20)13-8-4-11(5-9-13)10-2-6-12(7-3-10)14(16,17)18/h4-5,8-10,12H,2-3,6-7H2,1H3. The second-order valence-corrected chi connectivity index (χ2v) is 5.43. The molecular formula is C15H17F5O. The van der Waals surface area contributed by atoms with Gasteiger partial charge in [0.25, 0.3) is 0 Å². The quantitative estimate of drug-likeness (QED) is 0.696. The van der Waals surface area contributed by atoms with Crippen molar-refractivity contribution in [3.05, 3.63) is 35.4 Å². The van der Waals surface area contributed by atoms with Gasteiger partial charge in [0, 0.05) is 7.11 Å². The molecule has 118 valence electrons. The van der Waals surface area contributed by atoms with E-state index in [2.05, 4.69) is 4.74 Å². The number of benzene rings is 1. The third kappa shape index (κ3) is 3.73. The molecule has 0 bridgehead atoms. The Balaban J connectivity index is 2.02. The van der Waals surface area contributed by atoms with Gasteiger partial charge in [0.2, 0.25) is 0 Å². The molecule has 1 aliphatic rings. The van der Waals surface area contributed by atoms with E-state index in [1.165, 1.54) is 12.1 Å². The molecule has 0 saturated heterocycles. The highest BCUT2D eigenvalue weighted by molar-refractivity contribution is 5.27. The van der Waals surface area contributed by atoms with Crippen LogP contribution in [0.1, 0.15) is 42.7 Å². The molecule has 1 aromatic carbocycles. The molecule has 1 nitrogen and oxygen atoms in total. The fraction of sp³-hybridized carbons (Fsp3) is 0.600. The lowest BCUT2D eigenvalue weighted by molar-refractivity contribution is -0.231. The zero-order valence-corrected chi connectivity index (χ0v) is 11.6. The molecule has 1 aromatic rings. The Hall–Kier alpha value is -1.17. The van der Waals surface area contributed by atoms with Crippen LogP contribution in [0, 0.1) is 5.92 Å². The van der Waals surface area contributed by atoms with E-state index >= 15 is 0 Å². The Morgan fingerprint density at radius 3 is 1.86 bits per heavy atom. The SMILES string of the molecule is COC(F)(F)c1ccc(C2CCC(C(F)(F)F)CC2)cc1. The molecule has 0 heterocycles. The number of rotatable bonds is 3. The minimum Gasteiger partial charge on any atom is -0.320 e. The minimum atomic E-state index is -4.13. The average molecular weight is 308 g/mol. The van der Waals surface area contributed by atoms with E-state index < -0.39 is 18.2 Å². The zero-order chi connectivity index (χ0) is 15.7. The molecule has 2 rings (SSSR count). The smallest absolute Gasteiger partial charge is 0.320 e. The molecule has 21 heavy (non-hydrogen) atoms. The molecule has 0 atom stereocenters. The molecule has 0 aromatic heterocycles. The number of hydrogen-bond donors (Lipinski definition) is 0.